The summed E-state index contributed by atoms with van der Waals surface area (Å²) >= 11 is 0. The Balaban J connectivity index is 1.16. The van der Waals surface area contributed by atoms with Crippen molar-refractivity contribution in [3.8, 4) is 22.4 Å². The molecule has 53 heavy (non-hydrogen) atoms. The van der Waals surface area contributed by atoms with E-state index in [-0.39, 0.29) is 0 Å². The predicted molar refractivity (Wildman–Crippen MR) is 223 cm³/mol. The first kappa shape index (κ1) is 28.6. The van der Waals surface area contributed by atoms with Crippen molar-refractivity contribution >= 4 is 97.6 Å². The summed E-state index contributed by atoms with van der Waals surface area (Å²) in [5, 5.41) is 16.5. The van der Waals surface area contributed by atoms with Gasteiger partial charge in [0, 0.05) is 38.7 Å². The highest BCUT2D eigenvalue weighted by molar-refractivity contribution is 6.33. The highest BCUT2D eigenvalue weighted by Crippen LogP contribution is 2.46. The molecule has 0 aliphatic heterocycles. The first-order valence-electron chi connectivity index (χ1n) is 18.1. The summed E-state index contributed by atoms with van der Waals surface area (Å²) in [6.45, 7) is 0. The summed E-state index contributed by atoms with van der Waals surface area (Å²) in [4.78, 5) is 10.1. The Morgan fingerprint density at radius 3 is 1.72 bits per heavy atom. The minimum Gasteiger partial charge on any atom is -0.455 e. The molecule has 9 aromatic carbocycles. The molecule has 0 spiro atoms. The minimum absolute atomic E-state index is 0.917. The van der Waals surface area contributed by atoms with Crippen LogP contribution in [-0.4, -0.2) is 9.97 Å². The van der Waals surface area contributed by atoms with Crippen molar-refractivity contribution < 1.29 is 4.42 Å². The summed E-state index contributed by atoms with van der Waals surface area (Å²) < 4.78 is 6.60. The van der Waals surface area contributed by atoms with Gasteiger partial charge < -0.3 is 4.42 Å². The van der Waals surface area contributed by atoms with Crippen molar-refractivity contribution in [3.05, 3.63) is 170 Å². The Kier molecular flexibility index (Phi) is 5.77. The van der Waals surface area contributed by atoms with E-state index in [9.17, 15) is 0 Å². The van der Waals surface area contributed by atoms with Crippen molar-refractivity contribution in [2.75, 3.05) is 0 Å². The second kappa shape index (κ2) is 10.7. The summed E-state index contributed by atoms with van der Waals surface area (Å²) in [6.07, 6.45) is 1.85. The molecule has 244 valence electrons. The predicted octanol–water partition coefficient (Wildman–Crippen LogP) is 13.8. The fourth-order valence-electron chi connectivity index (χ4n) is 8.95. The van der Waals surface area contributed by atoms with Gasteiger partial charge in [0.15, 0.2) is 0 Å². The van der Waals surface area contributed by atoms with E-state index in [1.807, 2.05) is 18.3 Å². The van der Waals surface area contributed by atoms with Crippen LogP contribution in [0, 0.1) is 0 Å². The van der Waals surface area contributed by atoms with E-state index in [4.69, 9.17) is 14.4 Å². The van der Waals surface area contributed by atoms with Gasteiger partial charge in [-0.15, -0.1) is 0 Å². The Bertz CT molecular complexity index is 3450. The molecular weight excluding hydrogens is 645 g/mol. The smallest absolute Gasteiger partial charge is 0.143 e. The summed E-state index contributed by atoms with van der Waals surface area (Å²) in [5.41, 5.74) is 8.22. The van der Waals surface area contributed by atoms with Crippen LogP contribution in [-0.2, 0) is 0 Å². The van der Waals surface area contributed by atoms with Crippen molar-refractivity contribution in [1.29, 1.82) is 0 Å². The summed E-state index contributed by atoms with van der Waals surface area (Å²) in [6, 6.07) is 58.9. The van der Waals surface area contributed by atoms with E-state index >= 15 is 0 Å². The SMILES string of the molecule is c1cnc2c(c1)ccc1ccc(-c3c4ccccc4c(-c4ccc5c(c4)c4ccccc4c4c5ccc5c6ccccc6oc54)c4ccccc34)nc12. The van der Waals surface area contributed by atoms with E-state index < -0.39 is 0 Å². The molecule has 0 radical (unpaired) electrons. The Morgan fingerprint density at radius 1 is 0.377 bits per heavy atom. The van der Waals surface area contributed by atoms with Crippen molar-refractivity contribution in [2.24, 2.45) is 0 Å². The average molecular weight is 673 g/mol. The van der Waals surface area contributed by atoms with Gasteiger partial charge in [-0.05, 0) is 89.9 Å². The van der Waals surface area contributed by atoms with Crippen LogP contribution >= 0.6 is 0 Å². The quantitative estimate of drug-likeness (QED) is 0.136. The van der Waals surface area contributed by atoms with Gasteiger partial charge in [0.1, 0.15) is 11.2 Å². The van der Waals surface area contributed by atoms with Crippen molar-refractivity contribution in [3.63, 3.8) is 0 Å². The van der Waals surface area contributed by atoms with Gasteiger partial charge >= 0.3 is 0 Å². The van der Waals surface area contributed by atoms with Crippen LogP contribution in [0.5, 0.6) is 0 Å². The van der Waals surface area contributed by atoms with Crippen LogP contribution < -0.4 is 0 Å². The number of fused-ring (bicyclic) bond motifs is 15. The summed E-state index contributed by atoms with van der Waals surface area (Å²) in [7, 11) is 0. The normalized spacial score (nSPS) is 12.2. The zero-order valence-electron chi connectivity index (χ0n) is 28.5. The van der Waals surface area contributed by atoms with Gasteiger partial charge in [0.25, 0.3) is 0 Å². The molecule has 12 rings (SSSR count). The second-order valence-electron chi connectivity index (χ2n) is 14.0. The number of furan rings is 1. The van der Waals surface area contributed by atoms with Crippen LogP contribution in [0.1, 0.15) is 0 Å². The van der Waals surface area contributed by atoms with Crippen LogP contribution in [0.2, 0.25) is 0 Å². The fraction of sp³-hybridized carbons (Fsp3) is 0. The molecule has 3 aromatic heterocycles. The van der Waals surface area contributed by atoms with Crippen molar-refractivity contribution in [2.45, 2.75) is 0 Å². The standard InChI is InChI=1S/C50H28N2O/c1-2-13-35-32(11-1)42-28-31(21-23-33(42)40-24-25-41-34-12-7-8-18-44(34)53-50(41)47(35)40)45-36-14-3-5-16-38(36)46(39-17-6-4-15-37(39)45)43-26-22-30-20-19-29-10-9-27-51-48(29)49(30)52-43/h1-28H. The minimum atomic E-state index is 0.917. The van der Waals surface area contributed by atoms with Gasteiger partial charge in [-0.3, -0.25) is 4.98 Å². The number of benzene rings is 9. The number of rotatable bonds is 2. The molecule has 0 atom stereocenters. The zero-order chi connectivity index (χ0) is 34.6. The van der Waals surface area contributed by atoms with E-state index in [0.29, 0.717) is 0 Å². The lowest BCUT2D eigenvalue weighted by Gasteiger charge is -2.18. The van der Waals surface area contributed by atoms with E-state index in [2.05, 4.69) is 152 Å². The Morgan fingerprint density at radius 2 is 0.943 bits per heavy atom. The molecule has 0 aliphatic rings. The van der Waals surface area contributed by atoms with Crippen LogP contribution in [0.25, 0.3) is 120 Å². The number of nitrogens with zero attached hydrogens (tertiary/aromatic N) is 2. The first-order chi connectivity index (χ1) is 26.3. The topological polar surface area (TPSA) is 38.9 Å². The number of hydrogen-bond acceptors (Lipinski definition) is 3. The maximum Gasteiger partial charge on any atom is 0.143 e. The van der Waals surface area contributed by atoms with Crippen LogP contribution in [0.15, 0.2) is 174 Å². The maximum absolute atomic E-state index is 6.60. The van der Waals surface area contributed by atoms with Gasteiger partial charge in [0.05, 0.1) is 16.7 Å². The lowest BCUT2D eigenvalue weighted by Crippen LogP contribution is -1.94. The molecule has 0 bridgehead atoms. The third-order valence-corrected chi connectivity index (χ3v) is 11.3. The molecule has 0 amide bonds. The molecule has 0 saturated carbocycles. The number of para-hydroxylation sites is 1. The second-order valence-corrected chi connectivity index (χ2v) is 14.0. The Hall–Kier alpha value is -7.10. The molecule has 0 N–H and O–H groups in total. The summed E-state index contributed by atoms with van der Waals surface area (Å²) in [5.74, 6) is 0. The molecule has 0 aliphatic carbocycles. The van der Waals surface area contributed by atoms with Gasteiger partial charge in [-0.25, -0.2) is 4.98 Å². The third kappa shape index (κ3) is 3.99. The van der Waals surface area contributed by atoms with E-state index in [0.717, 1.165) is 55.0 Å². The number of aromatic nitrogens is 2. The van der Waals surface area contributed by atoms with E-state index in [1.165, 1.54) is 65.0 Å². The number of pyridine rings is 2. The highest BCUT2D eigenvalue weighted by atomic mass is 16.3. The highest BCUT2D eigenvalue weighted by Gasteiger charge is 2.20. The molecule has 0 fully saturated rings. The molecule has 3 nitrogen and oxygen atoms in total. The van der Waals surface area contributed by atoms with E-state index in [1.54, 1.807) is 0 Å². The number of hydrogen-bond donors (Lipinski definition) is 0. The molecule has 12 aromatic rings. The van der Waals surface area contributed by atoms with Crippen LogP contribution in [0.3, 0.4) is 0 Å². The lowest BCUT2D eigenvalue weighted by molar-refractivity contribution is 0.673. The van der Waals surface area contributed by atoms with Gasteiger partial charge in [-0.2, -0.15) is 0 Å². The molecular formula is C50H28N2O. The average Bonchev–Trinajstić information content (AvgIpc) is 3.61. The molecule has 3 heterocycles. The fourth-order valence-corrected chi connectivity index (χ4v) is 8.95. The monoisotopic (exact) mass is 672 g/mol. The Labute approximate surface area is 303 Å². The maximum atomic E-state index is 6.60. The molecule has 0 saturated heterocycles. The zero-order valence-corrected chi connectivity index (χ0v) is 28.5. The largest absolute Gasteiger partial charge is 0.455 e. The van der Waals surface area contributed by atoms with Crippen molar-refractivity contribution in [1.82, 2.24) is 9.97 Å². The lowest BCUT2D eigenvalue weighted by atomic mass is 9.85. The van der Waals surface area contributed by atoms with Gasteiger partial charge in [-0.1, -0.05) is 133 Å². The van der Waals surface area contributed by atoms with Crippen LogP contribution in [0.4, 0.5) is 0 Å². The van der Waals surface area contributed by atoms with Gasteiger partial charge in [0.2, 0.25) is 0 Å². The third-order valence-electron chi connectivity index (χ3n) is 11.3. The molecule has 3 heteroatoms. The first-order valence-corrected chi connectivity index (χ1v) is 18.1. The molecule has 0 unspecified atom stereocenters.